The van der Waals surface area contributed by atoms with E-state index in [1.807, 2.05) is 11.3 Å². The van der Waals surface area contributed by atoms with Gasteiger partial charge in [-0.15, -0.1) is 11.3 Å². The van der Waals surface area contributed by atoms with Crippen LogP contribution in [0, 0.1) is 6.92 Å². The van der Waals surface area contributed by atoms with E-state index in [0.717, 1.165) is 26.3 Å². The molecule has 0 spiro atoms. The summed E-state index contributed by atoms with van der Waals surface area (Å²) in [5.41, 5.74) is 4.04. The maximum atomic E-state index is 8.36. The van der Waals surface area contributed by atoms with E-state index in [1.54, 1.807) is 0 Å². The molecule has 1 aliphatic heterocycles. The zero-order valence-electron chi connectivity index (χ0n) is 13.6. The molecular formula is C18H23NO3S. The number of nitrogens with zero attached hydrogens (tertiary/aromatic N) is 1. The number of hydrogen-bond donors (Lipinski definition) is 1. The Morgan fingerprint density at radius 2 is 1.83 bits per heavy atom. The molecule has 0 bridgehead atoms. The van der Waals surface area contributed by atoms with E-state index in [2.05, 4.69) is 54.5 Å². The van der Waals surface area contributed by atoms with Gasteiger partial charge in [-0.3, -0.25) is 9.69 Å². The lowest BCUT2D eigenvalue weighted by Crippen LogP contribution is -2.37. The Morgan fingerprint density at radius 1 is 1.22 bits per heavy atom. The third-order valence-electron chi connectivity index (χ3n) is 4.05. The van der Waals surface area contributed by atoms with Crippen LogP contribution in [0.15, 0.2) is 35.7 Å². The van der Waals surface area contributed by atoms with Gasteiger partial charge in [-0.1, -0.05) is 24.3 Å². The number of ether oxygens (including phenoxy) is 1. The second-order valence-corrected chi connectivity index (χ2v) is 6.61. The molecule has 2 aromatic rings. The summed E-state index contributed by atoms with van der Waals surface area (Å²) in [5.74, 6) is 0. The van der Waals surface area contributed by atoms with Crippen molar-refractivity contribution >= 4 is 17.8 Å². The van der Waals surface area contributed by atoms with Crippen molar-refractivity contribution < 1.29 is 14.6 Å². The van der Waals surface area contributed by atoms with Gasteiger partial charge in [0.25, 0.3) is 6.47 Å². The van der Waals surface area contributed by atoms with Crippen LogP contribution in [-0.2, 0) is 9.53 Å². The minimum atomic E-state index is -0.250. The molecule has 1 fully saturated rings. The van der Waals surface area contributed by atoms with Gasteiger partial charge in [0.2, 0.25) is 0 Å². The van der Waals surface area contributed by atoms with Crippen LogP contribution in [0.25, 0.3) is 11.1 Å². The monoisotopic (exact) mass is 333 g/mol. The highest BCUT2D eigenvalue weighted by atomic mass is 32.1. The molecule has 4 nitrogen and oxygen atoms in total. The van der Waals surface area contributed by atoms with Gasteiger partial charge in [0.15, 0.2) is 0 Å². The lowest BCUT2D eigenvalue weighted by Gasteiger charge is -2.32. The second kappa shape index (κ2) is 8.82. The van der Waals surface area contributed by atoms with Crippen molar-refractivity contribution in [2.75, 3.05) is 26.3 Å². The van der Waals surface area contributed by atoms with Gasteiger partial charge in [-0.2, -0.15) is 0 Å². The van der Waals surface area contributed by atoms with Crippen molar-refractivity contribution in [1.29, 1.82) is 0 Å². The van der Waals surface area contributed by atoms with Crippen LogP contribution in [-0.4, -0.2) is 42.8 Å². The molecule has 1 aromatic carbocycles. The highest BCUT2D eigenvalue weighted by Crippen LogP contribution is 2.28. The molecule has 0 amide bonds. The molecule has 2 heterocycles. The molecule has 0 saturated carbocycles. The zero-order chi connectivity index (χ0) is 16.7. The van der Waals surface area contributed by atoms with E-state index >= 15 is 0 Å². The largest absolute Gasteiger partial charge is 0.483 e. The third-order valence-corrected chi connectivity index (χ3v) is 4.91. The lowest BCUT2D eigenvalue weighted by molar-refractivity contribution is -0.122. The molecule has 1 atom stereocenters. The maximum absolute atomic E-state index is 8.36. The summed E-state index contributed by atoms with van der Waals surface area (Å²) in [6.07, 6.45) is 0. The number of carboxylic acid groups (broad SMARTS) is 1. The van der Waals surface area contributed by atoms with E-state index in [4.69, 9.17) is 14.6 Å². The van der Waals surface area contributed by atoms with Gasteiger partial charge in [0.05, 0.1) is 13.2 Å². The van der Waals surface area contributed by atoms with Crippen LogP contribution in [0.2, 0.25) is 0 Å². The first-order valence-electron chi connectivity index (χ1n) is 7.71. The van der Waals surface area contributed by atoms with Crippen molar-refractivity contribution in [3.63, 3.8) is 0 Å². The summed E-state index contributed by atoms with van der Waals surface area (Å²) in [7, 11) is 0. The maximum Gasteiger partial charge on any atom is 0.290 e. The smallest absolute Gasteiger partial charge is 0.290 e. The van der Waals surface area contributed by atoms with Crippen molar-refractivity contribution in [1.82, 2.24) is 4.90 Å². The average molecular weight is 333 g/mol. The number of thiophene rings is 1. The Labute approximate surface area is 141 Å². The Bertz CT molecular complexity index is 603. The first-order valence-corrected chi connectivity index (χ1v) is 8.58. The van der Waals surface area contributed by atoms with Crippen LogP contribution in [0.5, 0.6) is 0 Å². The van der Waals surface area contributed by atoms with Gasteiger partial charge >= 0.3 is 0 Å². The predicted molar refractivity (Wildman–Crippen MR) is 94.0 cm³/mol. The molecule has 1 saturated heterocycles. The second-order valence-electron chi connectivity index (χ2n) is 5.50. The predicted octanol–water partition coefficient (Wildman–Crippen LogP) is 3.82. The van der Waals surface area contributed by atoms with Crippen LogP contribution in [0.1, 0.15) is 23.4 Å². The Morgan fingerprint density at radius 3 is 2.35 bits per heavy atom. The first kappa shape index (κ1) is 17.7. The fourth-order valence-electron chi connectivity index (χ4n) is 2.72. The fraction of sp³-hybridized carbons (Fsp3) is 0.389. The highest BCUT2D eigenvalue weighted by molar-refractivity contribution is 7.10. The zero-order valence-corrected chi connectivity index (χ0v) is 14.4. The van der Waals surface area contributed by atoms with Crippen LogP contribution in [0.4, 0.5) is 0 Å². The summed E-state index contributed by atoms with van der Waals surface area (Å²) in [4.78, 5) is 12.2. The quantitative estimate of drug-likeness (QED) is 0.868. The van der Waals surface area contributed by atoms with E-state index in [-0.39, 0.29) is 6.47 Å². The number of aryl methyl sites for hydroxylation is 1. The number of hydrogen-bond acceptors (Lipinski definition) is 4. The lowest BCUT2D eigenvalue weighted by atomic mass is 10.0. The van der Waals surface area contributed by atoms with Crippen LogP contribution < -0.4 is 0 Å². The standard InChI is InChI=1S/C17H21NOS.CH2O2/c1-13-11-17(12-20-13)16-5-3-15(4-6-16)14(2)18-7-9-19-10-8-18;2-1-3/h3-6,11-12,14H,7-10H2,1-2H3;1H,(H,2,3). The Hall–Kier alpha value is -1.69. The van der Waals surface area contributed by atoms with Gasteiger partial charge in [0.1, 0.15) is 0 Å². The third kappa shape index (κ3) is 4.89. The molecule has 3 rings (SSSR count). The summed E-state index contributed by atoms with van der Waals surface area (Å²) < 4.78 is 5.42. The normalized spacial score (nSPS) is 16.3. The molecule has 5 heteroatoms. The highest BCUT2D eigenvalue weighted by Gasteiger charge is 2.18. The number of benzene rings is 1. The van der Waals surface area contributed by atoms with Crippen LogP contribution >= 0.6 is 11.3 Å². The molecular weight excluding hydrogens is 310 g/mol. The summed E-state index contributed by atoms with van der Waals surface area (Å²) in [6.45, 7) is 7.98. The number of rotatable bonds is 3. The van der Waals surface area contributed by atoms with Gasteiger partial charge in [-0.05, 0) is 42.0 Å². The van der Waals surface area contributed by atoms with E-state index in [9.17, 15) is 0 Å². The Balaban J connectivity index is 0.000000595. The topological polar surface area (TPSA) is 49.8 Å². The first-order chi connectivity index (χ1) is 11.2. The fourth-order valence-corrected chi connectivity index (χ4v) is 3.44. The SMILES string of the molecule is Cc1cc(-c2ccc(C(C)N3CCOCC3)cc2)cs1.O=CO. The van der Waals surface area contributed by atoms with Gasteiger partial charge in [-0.25, -0.2) is 0 Å². The van der Waals surface area contributed by atoms with Gasteiger partial charge < -0.3 is 9.84 Å². The summed E-state index contributed by atoms with van der Waals surface area (Å²) >= 11 is 1.81. The van der Waals surface area contributed by atoms with E-state index in [0.29, 0.717) is 6.04 Å². The molecule has 0 radical (unpaired) electrons. The molecule has 1 N–H and O–H groups in total. The minimum absolute atomic E-state index is 0.250. The minimum Gasteiger partial charge on any atom is -0.483 e. The number of morpholine rings is 1. The van der Waals surface area contributed by atoms with Crippen molar-refractivity contribution in [2.45, 2.75) is 19.9 Å². The molecule has 124 valence electrons. The molecule has 0 aliphatic carbocycles. The summed E-state index contributed by atoms with van der Waals surface area (Å²) in [5, 5.41) is 9.12. The molecule has 1 unspecified atom stereocenters. The van der Waals surface area contributed by atoms with Crippen LogP contribution in [0.3, 0.4) is 0 Å². The van der Waals surface area contributed by atoms with Crippen molar-refractivity contribution in [3.8, 4) is 11.1 Å². The molecule has 1 aliphatic rings. The van der Waals surface area contributed by atoms with E-state index in [1.165, 1.54) is 21.6 Å². The number of carbonyl (C=O) groups is 1. The summed E-state index contributed by atoms with van der Waals surface area (Å²) in [6, 6.07) is 11.7. The van der Waals surface area contributed by atoms with E-state index < -0.39 is 0 Å². The molecule has 1 aromatic heterocycles. The van der Waals surface area contributed by atoms with Crippen molar-refractivity contribution in [3.05, 3.63) is 46.2 Å². The van der Waals surface area contributed by atoms with Crippen molar-refractivity contribution in [2.24, 2.45) is 0 Å². The molecule has 23 heavy (non-hydrogen) atoms. The van der Waals surface area contributed by atoms with Gasteiger partial charge in [0, 0.05) is 24.0 Å². The average Bonchev–Trinajstić information content (AvgIpc) is 3.02. The Kier molecular flexibility index (Phi) is 6.77.